The number of hydrogen-bond donors (Lipinski definition) is 2. The fourth-order valence-electron chi connectivity index (χ4n) is 2.86. The van der Waals surface area contributed by atoms with Crippen LogP contribution in [0.15, 0.2) is 17.2 Å². The van der Waals surface area contributed by atoms with E-state index in [0.29, 0.717) is 22.7 Å². The lowest BCUT2D eigenvalue weighted by Gasteiger charge is -2.32. The van der Waals surface area contributed by atoms with E-state index in [2.05, 4.69) is 28.9 Å². The van der Waals surface area contributed by atoms with Crippen molar-refractivity contribution in [2.45, 2.75) is 44.0 Å². The summed E-state index contributed by atoms with van der Waals surface area (Å²) in [6, 6.07) is 1.41. The highest BCUT2D eigenvalue weighted by Gasteiger charge is 2.29. The van der Waals surface area contributed by atoms with E-state index in [1.54, 1.807) is 7.05 Å². The first-order valence-electron chi connectivity index (χ1n) is 7.19. The highest BCUT2D eigenvalue weighted by molar-refractivity contribution is 7.89. The van der Waals surface area contributed by atoms with Crippen LogP contribution in [0.3, 0.4) is 0 Å². The van der Waals surface area contributed by atoms with Gasteiger partial charge in [-0.25, -0.2) is 18.1 Å². The molecule has 1 aliphatic carbocycles. The van der Waals surface area contributed by atoms with Crippen LogP contribution in [0.25, 0.3) is 0 Å². The fraction of sp³-hybridized carbons (Fsp3) is 0.643. The number of anilines is 1. The number of pyridine rings is 1. The predicted molar refractivity (Wildman–Crippen MR) is 85.1 cm³/mol. The van der Waals surface area contributed by atoms with Crippen LogP contribution in [-0.4, -0.2) is 26.5 Å². The molecule has 1 aromatic heterocycles. The maximum Gasteiger partial charge on any atom is 0.242 e. The van der Waals surface area contributed by atoms with E-state index < -0.39 is 10.0 Å². The largest absolute Gasteiger partial charge is 0.372 e. The summed E-state index contributed by atoms with van der Waals surface area (Å²) < 4.78 is 27.7. The molecule has 21 heavy (non-hydrogen) atoms. The Bertz CT molecular complexity index is 606. The highest BCUT2D eigenvalue weighted by atomic mass is 35.5. The molecule has 3 atom stereocenters. The van der Waals surface area contributed by atoms with Gasteiger partial charge in [-0.3, -0.25) is 0 Å². The van der Waals surface area contributed by atoms with Crippen LogP contribution < -0.4 is 10.0 Å². The number of nitrogens with zero attached hydrogens (tertiary/aromatic N) is 1. The van der Waals surface area contributed by atoms with E-state index in [9.17, 15) is 8.42 Å². The molecular formula is C14H22ClN3O2S. The standard InChI is InChI=1S/C14H22ClN3O2S/c1-9-4-5-13(10(2)6-9)18-21(19,20)11-7-12(15)14(16-3)17-8-11/h7-10,13,18H,4-6H2,1-3H3,(H,16,17). The molecule has 1 aliphatic rings. The first-order valence-corrected chi connectivity index (χ1v) is 9.05. The van der Waals surface area contributed by atoms with Gasteiger partial charge in [0.1, 0.15) is 10.7 Å². The predicted octanol–water partition coefficient (Wildman–Crippen LogP) is 2.88. The van der Waals surface area contributed by atoms with Crippen molar-refractivity contribution in [1.82, 2.24) is 9.71 Å². The summed E-state index contributed by atoms with van der Waals surface area (Å²) in [6.45, 7) is 4.31. The van der Waals surface area contributed by atoms with Crippen molar-refractivity contribution in [3.8, 4) is 0 Å². The van der Waals surface area contributed by atoms with E-state index in [1.807, 2.05) is 0 Å². The summed E-state index contributed by atoms with van der Waals surface area (Å²) in [5, 5.41) is 3.11. The van der Waals surface area contributed by atoms with E-state index in [0.717, 1.165) is 19.3 Å². The molecule has 0 bridgehead atoms. The van der Waals surface area contributed by atoms with Gasteiger partial charge in [0.2, 0.25) is 10.0 Å². The van der Waals surface area contributed by atoms with Crippen molar-refractivity contribution >= 4 is 27.4 Å². The lowest BCUT2D eigenvalue weighted by atomic mass is 9.80. The zero-order valence-electron chi connectivity index (χ0n) is 12.6. The summed E-state index contributed by atoms with van der Waals surface area (Å²) in [4.78, 5) is 4.13. The highest BCUT2D eigenvalue weighted by Crippen LogP contribution is 2.30. The van der Waals surface area contributed by atoms with Crippen molar-refractivity contribution in [3.05, 3.63) is 17.3 Å². The monoisotopic (exact) mass is 331 g/mol. The SMILES string of the molecule is CNc1ncc(S(=O)(=O)NC2CCC(C)CC2C)cc1Cl. The number of sulfonamides is 1. The lowest BCUT2D eigenvalue weighted by molar-refractivity contribution is 0.249. The van der Waals surface area contributed by atoms with Crippen LogP contribution in [0, 0.1) is 11.8 Å². The second kappa shape index (κ2) is 6.50. The van der Waals surface area contributed by atoms with Crippen LogP contribution in [-0.2, 0) is 10.0 Å². The molecule has 1 fully saturated rings. The molecule has 0 aliphatic heterocycles. The minimum Gasteiger partial charge on any atom is -0.372 e. The molecule has 0 saturated heterocycles. The van der Waals surface area contributed by atoms with Crippen LogP contribution >= 0.6 is 11.6 Å². The van der Waals surface area contributed by atoms with Crippen molar-refractivity contribution in [2.75, 3.05) is 12.4 Å². The second-order valence-electron chi connectivity index (χ2n) is 5.87. The normalized spacial score (nSPS) is 26.6. The lowest BCUT2D eigenvalue weighted by Crippen LogP contribution is -2.42. The third-order valence-corrected chi connectivity index (χ3v) is 5.85. The molecule has 0 radical (unpaired) electrons. The third kappa shape index (κ3) is 3.87. The van der Waals surface area contributed by atoms with Crippen molar-refractivity contribution < 1.29 is 8.42 Å². The number of nitrogens with one attached hydrogen (secondary N) is 2. The summed E-state index contributed by atoms with van der Waals surface area (Å²) in [5.74, 6) is 1.46. The number of aromatic nitrogens is 1. The van der Waals surface area contributed by atoms with E-state index in [1.165, 1.54) is 12.3 Å². The molecule has 2 rings (SSSR count). The van der Waals surface area contributed by atoms with Crippen LogP contribution in [0.1, 0.15) is 33.1 Å². The van der Waals surface area contributed by atoms with Gasteiger partial charge in [-0.1, -0.05) is 25.4 Å². The van der Waals surface area contributed by atoms with Crippen LogP contribution in [0.2, 0.25) is 5.02 Å². The first-order chi connectivity index (χ1) is 9.83. The minimum absolute atomic E-state index is 0.0195. The van der Waals surface area contributed by atoms with Gasteiger partial charge in [-0.15, -0.1) is 0 Å². The average molecular weight is 332 g/mol. The third-order valence-electron chi connectivity index (χ3n) is 4.10. The fourth-order valence-corrected chi connectivity index (χ4v) is 4.53. The Kier molecular flexibility index (Phi) is 5.11. The Morgan fingerprint density at radius 1 is 1.33 bits per heavy atom. The van der Waals surface area contributed by atoms with E-state index in [-0.39, 0.29) is 10.9 Å². The van der Waals surface area contributed by atoms with Gasteiger partial charge in [-0.2, -0.15) is 0 Å². The van der Waals surface area contributed by atoms with Crippen molar-refractivity contribution in [2.24, 2.45) is 11.8 Å². The van der Waals surface area contributed by atoms with Gasteiger partial charge in [0.15, 0.2) is 0 Å². The van der Waals surface area contributed by atoms with E-state index >= 15 is 0 Å². The Morgan fingerprint density at radius 3 is 2.62 bits per heavy atom. The Morgan fingerprint density at radius 2 is 2.05 bits per heavy atom. The molecule has 0 spiro atoms. The summed E-state index contributed by atoms with van der Waals surface area (Å²) in [5.41, 5.74) is 0. The van der Waals surface area contributed by atoms with Gasteiger partial charge in [-0.05, 0) is 37.2 Å². The Hall–Kier alpha value is -0.850. The van der Waals surface area contributed by atoms with Gasteiger partial charge in [0, 0.05) is 19.3 Å². The van der Waals surface area contributed by atoms with Crippen molar-refractivity contribution in [3.63, 3.8) is 0 Å². The van der Waals surface area contributed by atoms with Crippen molar-refractivity contribution in [1.29, 1.82) is 0 Å². The van der Waals surface area contributed by atoms with Crippen LogP contribution in [0.4, 0.5) is 5.82 Å². The second-order valence-corrected chi connectivity index (χ2v) is 8.00. The summed E-state index contributed by atoms with van der Waals surface area (Å²) >= 11 is 6.01. The number of rotatable bonds is 4. The molecule has 1 heterocycles. The number of hydrogen-bond acceptors (Lipinski definition) is 4. The zero-order chi connectivity index (χ0) is 15.6. The average Bonchev–Trinajstić information content (AvgIpc) is 2.42. The van der Waals surface area contributed by atoms with Gasteiger partial charge in [0.25, 0.3) is 0 Å². The smallest absolute Gasteiger partial charge is 0.242 e. The quantitative estimate of drug-likeness (QED) is 0.890. The van der Waals surface area contributed by atoms with Crippen LogP contribution in [0.5, 0.6) is 0 Å². The topological polar surface area (TPSA) is 71.1 Å². The molecule has 1 aromatic rings. The molecular weight excluding hydrogens is 310 g/mol. The summed E-state index contributed by atoms with van der Waals surface area (Å²) in [6.07, 6.45) is 4.30. The molecule has 118 valence electrons. The zero-order valence-corrected chi connectivity index (χ0v) is 14.1. The molecule has 7 heteroatoms. The first kappa shape index (κ1) is 16.5. The molecule has 3 unspecified atom stereocenters. The van der Waals surface area contributed by atoms with Gasteiger partial charge in [0.05, 0.1) is 5.02 Å². The Labute approximate surface area is 131 Å². The molecule has 2 N–H and O–H groups in total. The summed E-state index contributed by atoms with van der Waals surface area (Å²) in [7, 11) is -1.90. The van der Waals surface area contributed by atoms with Gasteiger partial charge >= 0.3 is 0 Å². The Balaban J connectivity index is 2.17. The molecule has 0 aromatic carbocycles. The number of halogens is 1. The maximum atomic E-state index is 12.4. The maximum absolute atomic E-state index is 12.4. The minimum atomic E-state index is -3.58. The van der Waals surface area contributed by atoms with Gasteiger partial charge < -0.3 is 5.32 Å². The van der Waals surface area contributed by atoms with E-state index in [4.69, 9.17) is 11.6 Å². The molecule has 5 nitrogen and oxygen atoms in total. The molecule has 1 saturated carbocycles. The molecule has 0 amide bonds.